The number of ether oxygens (including phenoxy) is 1. The summed E-state index contributed by atoms with van der Waals surface area (Å²) in [5.41, 5.74) is 1.12. The van der Waals surface area contributed by atoms with Crippen molar-refractivity contribution in [1.29, 1.82) is 0 Å². The number of carboxylic acids is 1. The van der Waals surface area contributed by atoms with Crippen molar-refractivity contribution in [3.05, 3.63) is 16.1 Å². The normalized spacial score (nSPS) is 17.5. The first kappa shape index (κ1) is 11.5. The van der Waals surface area contributed by atoms with Gasteiger partial charge in [0.2, 0.25) is 0 Å². The third kappa shape index (κ3) is 3.02. The van der Waals surface area contributed by atoms with E-state index < -0.39 is 5.97 Å². The number of carbonyl (C=O) groups is 1. The molecule has 0 radical (unpaired) electrons. The minimum absolute atomic E-state index is 0.167. The molecule has 1 aromatic rings. The molecule has 1 aliphatic heterocycles. The van der Waals surface area contributed by atoms with Gasteiger partial charge in [-0.05, 0) is 12.8 Å². The van der Waals surface area contributed by atoms with Gasteiger partial charge in [0, 0.05) is 30.9 Å². The number of aryl methyl sites for hydroxylation is 1. The molecule has 88 valence electrons. The highest BCUT2D eigenvalue weighted by Crippen LogP contribution is 2.28. The highest BCUT2D eigenvalue weighted by atomic mass is 32.1. The highest BCUT2D eigenvalue weighted by molar-refractivity contribution is 7.09. The standard InChI is InChI=1S/C11H15NO3S/c13-11(14)2-1-10-12-9(7-16-10)8-3-5-15-6-4-8/h7-8H,1-6H2,(H,13,14). The lowest BCUT2D eigenvalue weighted by Gasteiger charge is -2.19. The van der Waals surface area contributed by atoms with E-state index in [1.54, 1.807) is 11.3 Å². The molecular weight excluding hydrogens is 226 g/mol. The van der Waals surface area contributed by atoms with Crippen molar-refractivity contribution in [2.45, 2.75) is 31.6 Å². The molecule has 0 saturated carbocycles. The molecule has 0 unspecified atom stereocenters. The Labute approximate surface area is 98.3 Å². The molecule has 1 aliphatic rings. The average Bonchev–Trinajstić information content (AvgIpc) is 2.76. The lowest BCUT2D eigenvalue weighted by atomic mass is 9.97. The van der Waals surface area contributed by atoms with Crippen molar-refractivity contribution in [3.63, 3.8) is 0 Å². The molecule has 1 fully saturated rings. The van der Waals surface area contributed by atoms with E-state index in [4.69, 9.17) is 9.84 Å². The van der Waals surface area contributed by atoms with E-state index in [1.165, 1.54) is 0 Å². The van der Waals surface area contributed by atoms with Crippen LogP contribution in [0.15, 0.2) is 5.38 Å². The van der Waals surface area contributed by atoms with E-state index in [0.717, 1.165) is 36.8 Å². The third-order valence-corrected chi connectivity index (χ3v) is 3.69. The van der Waals surface area contributed by atoms with E-state index in [0.29, 0.717) is 12.3 Å². The molecule has 1 N–H and O–H groups in total. The summed E-state index contributed by atoms with van der Waals surface area (Å²) in [5, 5.41) is 11.6. The topological polar surface area (TPSA) is 59.4 Å². The highest BCUT2D eigenvalue weighted by Gasteiger charge is 2.18. The van der Waals surface area contributed by atoms with Gasteiger partial charge in [0.25, 0.3) is 0 Å². The Morgan fingerprint density at radius 3 is 3.00 bits per heavy atom. The molecule has 0 bridgehead atoms. The fourth-order valence-electron chi connectivity index (χ4n) is 1.83. The van der Waals surface area contributed by atoms with Crippen LogP contribution in [0, 0.1) is 0 Å². The predicted molar refractivity (Wildman–Crippen MR) is 60.9 cm³/mol. The maximum Gasteiger partial charge on any atom is 0.303 e. The molecular formula is C11H15NO3S. The Hall–Kier alpha value is -0.940. The molecule has 0 spiro atoms. The van der Waals surface area contributed by atoms with Gasteiger partial charge in [0.1, 0.15) is 0 Å². The second-order valence-corrected chi connectivity index (χ2v) is 4.89. The molecule has 1 aromatic heterocycles. The molecule has 0 atom stereocenters. The van der Waals surface area contributed by atoms with Gasteiger partial charge in [-0.1, -0.05) is 0 Å². The van der Waals surface area contributed by atoms with Crippen LogP contribution in [0.3, 0.4) is 0 Å². The van der Waals surface area contributed by atoms with Crippen LogP contribution in [0.2, 0.25) is 0 Å². The van der Waals surface area contributed by atoms with Crippen LogP contribution < -0.4 is 0 Å². The van der Waals surface area contributed by atoms with Crippen molar-refractivity contribution in [2.24, 2.45) is 0 Å². The zero-order valence-electron chi connectivity index (χ0n) is 9.02. The fourth-order valence-corrected chi connectivity index (χ4v) is 2.71. The summed E-state index contributed by atoms with van der Waals surface area (Å²) in [7, 11) is 0. The number of hydrogen-bond donors (Lipinski definition) is 1. The third-order valence-electron chi connectivity index (χ3n) is 2.76. The molecule has 2 rings (SSSR count). The SMILES string of the molecule is O=C(O)CCc1nc(C2CCOCC2)cs1. The van der Waals surface area contributed by atoms with E-state index in [9.17, 15) is 4.79 Å². The van der Waals surface area contributed by atoms with Crippen LogP contribution in [0.1, 0.15) is 35.9 Å². The zero-order valence-corrected chi connectivity index (χ0v) is 9.83. The summed E-state index contributed by atoms with van der Waals surface area (Å²) in [6, 6.07) is 0. The van der Waals surface area contributed by atoms with Gasteiger partial charge < -0.3 is 9.84 Å². The second-order valence-electron chi connectivity index (χ2n) is 3.95. The van der Waals surface area contributed by atoms with Crippen molar-refractivity contribution >= 4 is 17.3 Å². The predicted octanol–water partition coefficient (Wildman–Crippen LogP) is 2.05. The van der Waals surface area contributed by atoms with Gasteiger partial charge in [-0.2, -0.15) is 0 Å². The lowest BCUT2D eigenvalue weighted by Crippen LogP contribution is -2.14. The fraction of sp³-hybridized carbons (Fsp3) is 0.636. The first-order valence-corrected chi connectivity index (χ1v) is 6.37. The van der Waals surface area contributed by atoms with Crippen LogP contribution in [-0.2, 0) is 16.0 Å². The number of carboxylic acid groups (broad SMARTS) is 1. The van der Waals surface area contributed by atoms with Gasteiger partial charge in [0.15, 0.2) is 0 Å². The summed E-state index contributed by atoms with van der Waals surface area (Å²) < 4.78 is 5.30. The van der Waals surface area contributed by atoms with Gasteiger partial charge >= 0.3 is 5.97 Å². The van der Waals surface area contributed by atoms with Gasteiger partial charge in [0.05, 0.1) is 17.1 Å². The smallest absolute Gasteiger partial charge is 0.303 e. The number of aromatic nitrogens is 1. The molecule has 5 heteroatoms. The van der Waals surface area contributed by atoms with Crippen molar-refractivity contribution in [2.75, 3.05) is 13.2 Å². The minimum atomic E-state index is -0.761. The van der Waals surface area contributed by atoms with Crippen molar-refractivity contribution in [3.8, 4) is 0 Å². The number of rotatable bonds is 4. The Morgan fingerprint density at radius 1 is 1.56 bits per heavy atom. The zero-order chi connectivity index (χ0) is 11.4. The Balaban J connectivity index is 1.93. The van der Waals surface area contributed by atoms with Crippen LogP contribution in [0.5, 0.6) is 0 Å². The lowest BCUT2D eigenvalue weighted by molar-refractivity contribution is -0.136. The van der Waals surface area contributed by atoms with Crippen LogP contribution >= 0.6 is 11.3 Å². The first-order chi connectivity index (χ1) is 7.75. The number of hydrogen-bond acceptors (Lipinski definition) is 4. The summed E-state index contributed by atoms with van der Waals surface area (Å²) in [4.78, 5) is 14.9. The van der Waals surface area contributed by atoms with Crippen LogP contribution in [-0.4, -0.2) is 29.3 Å². The Morgan fingerprint density at radius 2 is 2.31 bits per heavy atom. The number of nitrogens with zero attached hydrogens (tertiary/aromatic N) is 1. The first-order valence-electron chi connectivity index (χ1n) is 5.49. The Kier molecular flexibility index (Phi) is 3.90. The van der Waals surface area contributed by atoms with Crippen LogP contribution in [0.4, 0.5) is 0 Å². The molecule has 2 heterocycles. The monoisotopic (exact) mass is 241 g/mol. The number of thiazole rings is 1. The summed E-state index contributed by atoms with van der Waals surface area (Å²) in [6.07, 6.45) is 2.77. The molecule has 1 saturated heterocycles. The van der Waals surface area contributed by atoms with Crippen molar-refractivity contribution in [1.82, 2.24) is 4.98 Å². The van der Waals surface area contributed by atoms with E-state index in [2.05, 4.69) is 10.4 Å². The number of aliphatic carboxylic acids is 1. The van der Waals surface area contributed by atoms with Crippen molar-refractivity contribution < 1.29 is 14.6 Å². The van der Waals surface area contributed by atoms with E-state index in [-0.39, 0.29) is 6.42 Å². The maximum atomic E-state index is 10.4. The average molecular weight is 241 g/mol. The minimum Gasteiger partial charge on any atom is -0.481 e. The second kappa shape index (κ2) is 5.41. The molecule has 4 nitrogen and oxygen atoms in total. The quantitative estimate of drug-likeness (QED) is 0.876. The molecule has 0 aliphatic carbocycles. The van der Waals surface area contributed by atoms with E-state index in [1.807, 2.05) is 0 Å². The van der Waals surface area contributed by atoms with Gasteiger partial charge in [-0.15, -0.1) is 11.3 Å². The molecule has 0 aromatic carbocycles. The largest absolute Gasteiger partial charge is 0.481 e. The Bertz CT molecular complexity index is 358. The maximum absolute atomic E-state index is 10.4. The summed E-state index contributed by atoms with van der Waals surface area (Å²) in [5.74, 6) is -0.258. The van der Waals surface area contributed by atoms with Gasteiger partial charge in [-0.3, -0.25) is 4.79 Å². The van der Waals surface area contributed by atoms with Crippen LogP contribution in [0.25, 0.3) is 0 Å². The van der Waals surface area contributed by atoms with E-state index >= 15 is 0 Å². The summed E-state index contributed by atoms with van der Waals surface area (Å²) in [6.45, 7) is 1.62. The molecule has 0 amide bonds. The summed E-state index contributed by atoms with van der Waals surface area (Å²) >= 11 is 1.57. The molecule has 16 heavy (non-hydrogen) atoms. The van der Waals surface area contributed by atoms with Gasteiger partial charge in [-0.25, -0.2) is 4.98 Å².